The van der Waals surface area contributed by atoms with E-state index in [2.05, 4.69) is 38.8 Å². The zero-order chi connectivity index (χ0) is 21.6. The normalized spacial score (nSPS) is 15.8. The monoisotopic (exact) mass is 431 g/mol. The highest BCUT2D eigenvalue weighted by Crippen LogP contribution is 2.26. The van der Waals surface area contributed by atoms with Crippen molar-refractivity contribution in [3.8, 4) is 5.75 Å². The zero-order valence-corrected chi connectivity index (χ0v) is 19.0. The van der Waals surface area contributed by atoms with Crippen LogP contribution in [0.25, 0.3) is 0 Å². The van der Waals surface area contributed by atoms with Gasteiger partial charge < -0.3 is 9.64 Å². The lowest BCUT2D eigenvalue weighted by Crippen LogP contribution is -2.38. The van der Waals surface area contributed by atoms with Crippen LogP contribution in [0.4, 0.5) is 5.69 Å². The first kappa shape index (κ1) is 22.6. The van der Waals surface area contributed by atoms with E-state index in [1.54, 1.807) is 7.11 Å². The largest absolute Gasteiger partial charge is 0.497 e. The van der Waals surface area contributed by atoms with Gasteiger partial charge in [-0.25, -0.2) is 13.1 Å². The summed E-state index contributed by atoms with van der Waals surface area (Å²) in [6.45, 7) is 2.41. The van der Waals surface area contributed by atoms with Crippen molar-refractivity contribution < 1.29 is 13.2 Å². The highest BCUT2D eigenvalue weighted by Gasteiger charge is 2.25. The number of sulfonamides is 1. The fourth-order valence-corrected chi connectivity index (χ4v) is 4.89. The van der Waals surface area contributed by atoms with Crippen LogP contribution < -0.4 is 14.4 Å². The molecule has 1 aliphatic rings. The molecule has 6 nitrogen and oxygen atoms in total. The number of methoxy groups -OCH3 is 1. The Kier molecular flexibility index (Phi) is 7.75. The minimum atomic E-state index is -3.37. The van der Waals surface area contributed by atoms with Crippen molar-refractivity contribution in [2.75, 3.05) is 51.5 Å². The Balaban J connectivity index is 1.63. The third kappa shape index (κ3) is 6.20. The number of hydrogen-bond donors (Lipinski definition) is 1. The van der Waals surface area contributed by atoms with Gasteiger partial charge in [-0.3, -0.25) is 4.90 Å². The van der Waals surface area contributed by atoms with E-state index >= 15 is 0 Å². The molecule has 1 fully saturated rings. The quantitative estimate of drug-likeness (QED) is 0.627. The van der Waals surface area contributed by atoms with Crippen LogP contribution in [0.2, 0.25) is 0 Å². The van der Waals surface area contributed by atoms with E-state index in [9.17, 15) is 8.42 Å². The number of hydrogen-bond acceptors (Lipinski definition) is 5. The van der Waals surface area contributed by atoms with Crippen LogP contribution in [0.3, 0.4) is 0 Å². The lowest BCUT2D eigenvalue weighted by Gasteiger charge is -2.28. The number of ether oxygens (including phenoxy) is 1. The van der Waals surface area contributed by atoms with Crippen LogP contribution in [0.1, 0.15) is 30.0 Å². The van der Waals surface area contributed by atoms with Gasteiger partial charge in [-0.15, -0.1) is 0 Å². The van der Waals surface area contributed by atoms with Gasteiger partial charge in [0.1, 0.15) is 5.75 Å². The highest BCUT2D eigenvalue weighted by atomic mass is 32.2. The third-order valence-electron chi connectivity index (χ3n) is 5.69. The van der Waals surface area contributed by atoms with Gasteiger partial charge in [-0.1, -0.05) is 24.3 Å². The topological polar surface area (TPSA) is 61.9 Å². The summed E-state index contributed by atoms with van der Waals surface area (Å²) < 4.78 is 33.3. The number of benzene rings is 2. The van der Waals surface area contributed by atoms with E-state index in [0.29, 0.717) is 13.0 Å². The molecule has 0 radical (unpaired) electrons. The molecular weight excluding hydrogens is 398 g/mol. The molecule has 1 atom stereocenters. The number of nitrogens with one attached hydrogen (secondary N) is 1. The average molecular weight is 432 g/mol. The summed E-state index contributed by atoms with van der Waals surface area (Å²) in [6, 6.07) is 16.0. The Morgan fingerprint density at radius 1 is 1.03 bits per heavy atom. The van der Waals surface area contributed by atoms with Gasteiger partial charge in [0.05, 0.1) is 12.9 Å². The van der Waals surface area contributed by atoms with Crippen molar-refractivity contribution >= 4 is 15.7 Å². The molecule has 0 amide bonds. The molecule has 1 unspecified atom stereocenters. The maximum atomic E-state index is 12.7. The molecule has 7 heteroatoms. The number of aryl methyl sites for hydroxylation is 1. The smallest absolute Gasteiger partial charge is 0.211 e. The SMILES string of the molecule is COc1ccc(CCS(=O)(=O)NCC(c2ccc(N(C)C)cc2)N2CCCC2)cc1. The van der Waals surface area contributed by atoms with Crippen molar-refractivity contribution in [1.82, 2.24) is 9.62 Å². The molecule has 30 heavy (non-hydrogen) atoms. The Labute approximate surface area is 180 Å². The molecule has 2 aromatic rings. The molecule has 0 saturated carbocycles. The summed E-state index contributed by atoms with van der Waals surface area (Å²) in [7, 11) is 2.29. The van der Waals surface area contributed by atoms with E-state index in [-0.39, 0.29) is 11.8 Å². The Morgan fingerprint density at radius 2 is 1.67 bits per heavy atom. The van der Waals surface area contributed by atoms with Crippen molar-refractivity contribution in [2.45, 2.75) is 25.3 Å². The van der Waals surface area contributed by atoms with Crippen LogP contribution in [0.5, 0.6) is 5.75 Å². The maximum absolute atomic E-state index is 12.7. The van der Waals surface area contributed by atoms with E-state index in [0.717, 1.165) is 48.5 Å². The van der Waals surface area contributed by atoms with Gasteiger partial charge in [0, 0.05) is 32.4 Å². The van der Waals surface area contributed by atoms with Gasteiger partial charge in [0.15, 0.2) is 0 Å². The molecule has 164 valence electrons. The summed E-state index contributed by atoms with van der Waals surface area (Å²) in [4.78, 5) is 4.45. The van der Waals surface area contributed by atoms with Crippen LogP contribution in [0.15, 0.2) is 48.5 Å². The van der Waals surface area contributed by atoms with Crippen LogP contribution in [-0.2, 0) is 16.4 Å². The lowest BCUT2D eigenvalue weighted by molar-refractivity contribution is 0.246. The fraction of sp³-hybridized carbons (Fsp3) is 0.478. The Hall–Kier alpha value is -2.09. The summed E-state index contributed by atoms with van der Waals surface area (Å²) in [5.74, 6) is 0.847. The molecule has 0 spiro atoms. The van der Waals surface area contributed by atoms with Gasteiger partial charge in [0.2, 0.25) is 10.0 Å². The Morgan fingerprint density at radius 3 is 2.23 bits per heavy atom. The van der Waals surface area contributed by atoms with Crippen LogP contribution in [0, 0.1) is 0 Å². The van der Waals surface area contributed by atoms with Gasteiger partial charge >= 0.3 is 0 Å². The number of rotatable bonds is 10. The van der Waals surface area contributed by atoms with Crippen molar-refractivity contribution in [3.05, 3.63) is 59.7 Å². The van der Waals surface area contributed by atoms with E-state index < -0.39 is 10.0 Å². The molecule has 2 aromatic carbocycles. The molecular formula is C23H33N3O3S. The second-order valence-electron chi connectivity index (χ2n) is 8.01. The van der Waals surface area contributed by atoms with E-state index in [1.807, 2.05) is 38.4 Å². The van der Waals surface area contributed by atoms with Crippen LogP contribution >= 0.6 is 0 Å². The summed E-state index contributed by atoms with van der Waals surface area (Å²) >= 11 is 0. The summed E-state index contributed by atoms with van der Waals surface area (Å²) in [6.07, 6.45) is 2.80. The summed E-state index contributed by atoms with van der Waals surface area (Å²) in [5, 5.41) is 0. The second-order valence-corrected chi connectivity index (χ2v) is 9.94. The number of likely N-dealkylation sites (tertiary alicyclic amines) is 1. The third-order valence-corrected chi connectivity index (χ3v) is 7.04. The predicted octanol–water partition coefficient (Wildman–Crippen LogP) is 3.06. The van der Waals surface area contributed by atoms with Gasteiger partial charge in [-0.05, 0) is 67.7 Å². The molecule has 3 rings (SSSR count). The first-order valence-corrected chi connectivity index (χ1v) is 12.1. The van der Waals surface area contributed by atoms with E-state index in [1.165, 1.54) is 0 Å². The average Bonchev–Trinajstić information content (AvgIpc) is 3.28. The minimum absolute atomic E-state index is 0.0551. The molecule has 0 bridgehead atoms. The molecule has 0 aliphatic carbocycles. The molecule has 1 saturated heterocycles. The molecule has 1 heterocycles. The van der Waals surface area contributed by atoms with Crippen LogP contribution in [-0.4, -0.2) is 59.9 Å². The number of anilines is 1. The first-order chi connectivity index (χ1) is 14.4. The van der Waals surface area contributed by atoms with E-state index in [4.69, 9.17) is 4.74 Å². The molecule has 1 aliphatic heterocycles. The van der Waals surface area contributed by atoms with Crippen molar-refractivity contribution in [2.24, 2.45) is 0 Å². The van der Waals surface area contributed by atoms with Crippen molar-refractivity contribution in [1.29, 1.82) is 0 Å². The van der Waals surface area contributed by atoms with Gasteiger partial charge in [-0.2, -0.15) is 0 Å². The van der Waals surface area contributed by atoms with Gasteiger partial charge in [0.25, 0.3) is 0 Å². The molecule has 1 N–H and O–H groups in total. The Bertz CT molecular complexity index is 890. The summed E-state index contributed by atoms with van der Waals surface area (Å²) in [5.41, 5.74) is 3.27. The lowest BCUT2D eigenvalue weighted by atomic mass is 10.1. The zero-order valence-electron chi connectivity index (χ0n) is 18.2. The fourth-order valence-electron chi connectivity index (χ4n) is 3.83. The maximum Gasteiger partial charge on any atom is 0.211 e. The van der Waals surface area contributed by atoms with Crippen molar-refractivity contribution in [3.63, 3.8) is 0 Å². The standard InChI is InChI=1S/C23H33N3O3S/c1-25(2)21-10-8-20(9-11-21)23(26-15-4-5-16-26)18-24-30(27,28)17-14-19-6-12-22(29-3)13-7-19/h6-13,23-24H,4-5,14-18H2,1-3H3. The number of nitrogens with zero attached hydrogens (tertiary/aromatic N) is 2. The minimum Gasteiger partial charge on any atom is -0.497 e. The first-order valence-electron chi connectivity index (χ1n) is 10.5. The highest BCUT2D eigenvalue weighted by molar-refractivity contribution is 7.89. The molecule has 0 aromatic heterocycles. The predicted molar refractivity (Wildman–Crippen MR) is 123 cm³/mol. The second kappa shape index (κ2) is 10.3.